The van der Waals surface area contributed by atoms with E-state index in [1.54, 1.807) is 0 Å². The van der Waals surface area contributed by atoms with Crippen LogP contribution in [0.1, 0.15) is 24.4 Å². The monoisotopic (exact) mass is 339 g/mol. The fourth-order valence-corrected chi connectivity index (χ4v) is 3.14. The van der Waals surface area contributed by atoms with Crippen LogP contribution in [-0.2, 0) is 14.3 Å². The van der Waals surface area contributed by atoms with Crippen molar-refractivity contribution >= 4 is 21.8 Å². The number of carbonyl (C=O) groups excluding carboxylic acids is 1. The highest BCUT2D eigenvalue weighted by atomic mass is 79.9. The largest absolute Gasteiger partial charge is 0.376 e. The normalized spacial score (nSPS) is 26.8. The van der Waals surface area contributed by atoms with E-state index in [-0.39, 0.29) is 11.9 Å². The summed E-state index contributed by atoms with van der Waals surface area (Å²) in [6.07, 6.45) is 1.63. The highest BCUT2D eigenvalue weighted by Crippen LogP contribution is 2.33. The van der Waals surface area contributed by atoms with Crippen LogP contribution in [-0.4, -0.2) is 43.3 Å². The van der Waals surface area contributed by atoms with E-state index in [2.05, 4.69) is 28.1 Å². The van der Waals surface area contributed by atoms with E-state index in [1.807, 2.05) is 17.0 Å². The molecule has 0 aliphatic carbocycles. The van der Waals surface area contributed by atoms with E-state index in [1.165, 1.54) is 5.56 Å². The van der Waals surface area contributed by atoms with E-state index in [0.717, 1.165) is 23.9 Å². The third kappa shape index (κ3) is 2.90. The van der Waals surface area contributed by atoms with Crippen LogP contribution in [0.15, 0.2) is 28.7 Å². The first kappa shape index (κ1) is 14.0. The van der Waals surface area contributed by atoms with Gasteiger partial charge in [-0.15, -0.1) is 0 Å². The number of ether oxygens (including phenoxy) is 2. The molecule has 20 heavy (non-hydrogen) atoms. The van der Waals surface area contributed by atoms with Gasteiger partial charge in [0.15, 0.2) is 6.10 Å². The van der Waals surface area contributed by atoms with Crippen LogP contribution >= 0.6 is 15.9 Å². The molecule has 2 aliphatic rings. The van der Waals surface area contributed by atoms with Gasteiger partial charge in [-0.2, -0.15) is 0 Å². The Hall–Kier alpha value is -0.910. The summed E-state index contributed by atoms with van der Waals surface area (Å²) in [4.78, 5) is 14.5. The fraction of sp³-hybridized carbons (Fsp3) is 0.533. The molecule has 0 spiro atoms. The molecule has 0 aromatic heterocycles. The molecule has 2 atom stereocenters. The van der Waals surface area contributed by atoms with Gasteiger partial charge in [0.05, 0.1) is 25.9 Å². The summed E-state index contributed by atoms with van der Waals surface area (Å²) in [6, 6.07) is 8.38. The molecule has 1 amide bonds. The maximum atomic E-state index is 12.6. The van der Waals surface area contributed by atoms with Gasteiger partial charge in [0.1, 0.15) is 0 Å². The number of amides is 1. The maximum absolute atomic E-state index is 12.6. The Labute approximate surface area is 127 Å². The third-order valence-corrected chi connectivity index (χ3v) is 4.41. The molecule has 108 valence electrons. The van der Waals surface area contributed by atoms with Crippen LogP contribution in [0.4, 0.5) is 0 Å². The first-order valence-electron chi connectivity index (χ1n) is 7.01. The van der Waals surface area contributed by atoms with E-state index >= 15 is 0 Å². The molecule has 3 rings (SSSR count). The average molecular weight is 340 g/mol. The topological polar surface area (TPSA) is 38.8 Å². The van der Waals surface area contributed by atoms with Gasteiger partial charge >= 0.3 is 0 Å². The summed E-state index contributed by atoms with van der Waals surface area (Å²) in [5, 5.41) is 0. The zero-order valence-electron chi connectivity index (χ0n) is 11.3. The SMILES string of the molecule is O=C([C@@H]1COCCO1)N1CCC[C@@H]1c1ccc(Br)cc1. The highest BCUT2D eigenvalue weighted by Gasteiger charge is 2.35. The van der Waals surface area contributed by atoms with Gasteiger partial charge in [0, 0.05) is 11.0 Å². The number of carbonyl (C=O) groups is 1. The van der Waals surface area contributed by atoms with Crippen LogP contribution in [0.25, 0.3) is 0 Å². The molecule has 4 nitrogen and oxygen atoms in total. The van der Waals surface area contributed by atoms with E-state index < -0.39 is 6.10 Å². The van der Waals surface area contributed by atoms with E-state index in [9.17, 15) is 4.79 Å². The van der Waals surface area contributed by atoms with Gasteiger partial charge in [-0.05, 0) is 30.5 Å². The quantitative estimate of drug-likeness (QED) is 0.831. The van der Waals surface area contributed by atoms with Gasteiger partial charge in [0.2, 0.25) is 0 Å². The summed E-state index contributed by atoms with van der Waals surface area (Å²) in [7, 11) is 0. The zero-order chi connectivity index (χ0) is 13.9. The van der Waals surface area contributed by atoms with Crippen LogP contribution in [0.2, 0.25) is 0 Å². The first-order chi connectivity index (χ1) is 9.75. The standard InChI is InChI=1S/C15H18BrNO3/c16-12-5-3-11(4-6-12)13-2-1-7-17(13)15(18)14-10-19-8-9-20-14/h3-6,13-14H,1-2,7-10H2/t13-,14+/m1/s1. The highest BCUT2D eigenvalue weighted by molar-refractivity contribution is 9.10. The lowest BCUT2D eigenvalue weighted by Gasteiger charge is -2.30. The second kappa shape index (κ2) is 6.24. The van der Waals surface area contributed by atoms with Crippen molar-refractivity contribution in [2.24, 2.45) is 0 Å². The van der Waals surface area contributed by atoms with Crippen molar-refractivity contribution in [1.82, 2.24) is 4.90 Å². The molecule has 5 heteroatoms. The van der Waals surface area contributed by atoms with Gasteiger partial charge in [-0.3, -0.25) is 4.79 Å². The van der Waals surface area contributed by atoms with Gasteiger partial charge in [-0.25, -0.2) is 0 Å². The minimum atomic E-state index is -0.431. The van der Waals surface area contributed by atoms with Crippen LogP contribution in [0.5, 0.6) is 0 Å². The molecule has 2 heterocycles. The Morgan fingerprint density at radius 3 is 2.75 bits per heavy atom. The molecular formula is C15H18BrNO3. The molecule has 0 unspecified atom stereocenters. The number of hydrogen-bond donors (Lipinski definition) is 0. The van der Waals surface area contributed by atoms with Gasteiger partial charge in [-0.1, -0.05) is 28.1 Å². The second-order valence-corrected chi connectivity index (χ2v) is 6.09. The van der Waals surface area contributed by atoms with E-state index in [0.29, 0.717) is 19.8 Å². The van der Waals surface area contributed by atoms with Gasteiger partial charge < -0.3 is 14.4 Å². The molecule has 0 bridgehead atoms. The minimum Gasteiger partial charge on any atom is -0.376 e. The molecule has 0 saturated carbocycles. The molecule has 2 fully saturated rings. The van der Waals surface area contributed by atoms with Crippen molar-refractivity contribution in [1.29, 1.82) is 0 Å². The Morgan fingerprint density at radius 1 is 1.25 bits per heavy atom. The molecular weight excluding hydrogens is 322 g/mol. The summed E-state index contributed by atoms with van der Waals surface area (Å²) in [5.41, 5.74) is 1.19. The second-order valence-electron chi connectivity index (χ2n) is 5.18. The number of benzene rings is 1. The predicted octanol–water partition coefficient (Wildman–Crippen LogP) is 2.53. The van der Waals surface area contributed by atoms with Crippen LogP contribution in [0.3, 0.4) is 0 Å². The predicted molar refractivity (Wildman–Crippen MR) is 78.4 cm³/mol. The Bertz CT molecular complexity index is 471. The average Bonchev–Trinajstić information content (AvgIpc) is 2.97. The van der Waals surface area contributed by atoms with E-state index in [4.69, 9.17) is 9.47 Å². The Morgan fingerprint density at radius 2 is 2.05 bits per heavy atom. The number of likely N-dealkylation sites (tertiary alicyclic amines) is 1. The molecule has 0 radical (unpaired) electrons. The molecule has 2 aliphatic heterocycles. The summed E-state index contributed by atoms with van der Waals surface area (Å²) in [5.74, 6) is 0.0649. The van der Waals surface area contributed by atoms with Crippen molar-refractivity contribution in [3.63, 3.8) is 0 Å². The molecule has 1 aromatic rings. The van der Waals surface area contributed by atoms with Crippen molar-refractivity contribution in [3.05, 3.63) is 34.3 Å². The number of rotatable bonds is 2. The number of halogens is 1. The lowest BCUT2D eigenvalue weighted by Crippen LogP contribution is -2.45. The van der Waals surface area contributed by atoms with Crippen LogP contribution in [0, 0.1) is 0 Å². The lowest BCUT2D eigenvalue weighted by molar-refractivity contribution is -0.158. The maximum Gasteiger partial charge on any atom is 0.254 e. The summed E-state index contributed by atoms with van der Waals surface area (Å²) < 4.78 is 11.9. The molecule has 1 aromatic carbocycles. The lowest BCUT2D eigenvalue weighted by atomic mass is 10.0. The minimum absolute atomic E-state index is 0.0649. The number of hydrogen-bond acceptors (Lipinski definition) is 3. The Kier molecular flexibility index (Phi) is 4.38. The summed E-state index contributed by atoms with van der Waals surface area (Å²) >= 11 is 3.44. The van der Waals surface area contributed by atoms with Gasteiger partial charge in [0.25, 0.3) is 5.91 Å². The van der Waals surface area contributed by atoms with Crippen molar-refractivity contribution < 1.29 is 14.3 Å². The smallest absolute Gasteiger partial charge is 0.254 e. The molecule has 0 N–H and O–H groups in total. The molecule has 2 saturated heterocycles. The van der Waals surface area contributed by atoms with Crippen molar-refractivity contribution in [2.75, 3.05) is 26.4 Å². The third-order valence-electron chi connectivity index (χ3n) is 3.88. The Balaban J connectivity index is 1.74. The first-order valence-corrected chi connectivity index (χ1v) is 7.80. The fourth-order valence-electron chi connectivity index (χ4n) is 2.88. The van der Waals surface area contributed by atoms with Crippen molar-refractivity contribution in [3.8, 4) is 0 Å². The zero-order valence-corrected chi connectivity index (χ0v) is 12.8. The van der Waals surface area contributed by atoms with Crippen molar-refractivity contribution in [2.45, 2.75) is 25.0 Å². The van der Waals surface area contributed by atoms with Crippen LogP contribution < -0.4 is 0 Å². The number of nitrogens with zero attached hydrogens (tertiary/aromatic N) is 1. The summed E-state index contributed by atoms with van der Waals surface area (Å²) in [6.45, 7) is 2.27.